The SMILES string of the molecule is C=CC.CC1=C(C=N)OCCC1. The van der Waals surface area contributed by atoms with Crippen LogP contribution in [0.5, 0.6) is 0 Å². The number of hydrogen-bond donors (Lipinski definition) is 1. The summed E-state index contributed by atoms with van der Waals surface area (Å²) in [7, 11) is 0. The van der Waals surface area contributed by atoms with Crippen LogP contribution in [0.1, 0.15) is 26.7 Å². The molecule has 0 saturated heterocycles. The molecule has 0 spiro atoms. The van der Waals surface area contributed by atoms with Crippen molar-refractivity contribution >= 4 is 6.21 Å². The summed E-state index contributed by atoms with van der Waals surface area (Å²) in [5.41, 5.74) is 1.20. The van der Waals surface area contributed by atoms with Crippen molar-refractivity contribution in [2.24, 2.45) is 0 Å². The Morgan fingerprint density at radius 3 is 2.50 bits per heavy atom. The zero-order valence-corrected chi connectivity index (χ0v) is 7.89. The highest BCUT2D eigenvalue weighted by atomic mass is 16.5. The molecule has 2 nitrogen and oxygen atoms in total. The first-order chi connectivity index (χ1) is 5.76. The lowest BCUT2D eigenvalue weighted by Crippen LogP contribution is -2.05. The van der Waals surface area contributed by atoms with Crippen LogP contribution in [0.2, 0.25) is 0 Å². The van der Waals surface area contributed by atoms with E-state index in [1.54, 1.807) is 6.08 Å². The highest BCUT2D eigenvalue weighted by Crippen LogP contribution is 2.15. The van der Waals surface area contributed by atoms with Crippen LogP contribution in [0.3, 0.4) is 0 Å². The Bertz CT molecular complexity index is 182. The fourth-order valence-corrected chi connectivity index (χ4v) is 0.931. The van der Waals surface area contributed by atoms with Crippen LogP contribution in [0.15, 0.2) is 24.0 Å². The van der Waals surface area contributed by atoms with Gasteiger partial charge in [0.15, 0.2) is 0 Å². The van der Waals surface area contributed by atoms with Crippen molar-refractivity contribution in [2.75, 3.05) is 6.61 Å². The summed E-state index contributed by atoms with van der Waals surface area (Å²) in [6.45, 7) is 8.04. The van der Waals surface area contributed by atoms with E-state index in [1.165, 1.54) is 11.8 Å². The molecule has 0 aliphatic carbocycles. The van der Waals surface area contributed by atoms with E-state index in [2.05, 4.69) is 6.58 Å². The third-order valence-corrected chi connectivity index (χ3v) is 1.51. The lowest BCUT2D eigenvalue weighted by Gasteiger charge is -2.14. The Hall–Kier alpha value is -1.05. The number of hydrogen-bond acceptors (Lipinski definition) is 2. The third-order valence-electron chi connectivity index (χ3n) is 1.51. The molecule has 12 heavy (non-hydrogen) atoms. The molecule has 0 bridgehead atoms. The maximum atomic E-state index is 6.92. The average molecular weight is 167 g/mol. The molecule has 1 aliphatic rings. The second-order valence-corrected chi connectivity index (χ2v) is 2.65. The minimum atomic E-state index is 0.765. The summed E-state index contributed by atoms with van der Waals surface area (Å²) >= 11 is 0. The summed E-state index contributed by atoms with van der Waals surface area (Å²) in [5.74, 6) is 0.765. The molecule has 0 amide bonds. The zero-order chi connectivity index (χ0) is 9.40. The summed E-state index contributed by atoms with van der Waals surface area (Å²) in [6, 6.07) is 0. The van der Waals surface area contributed by atoms with Crippen molar-refractivity contribution in [3.05, 3.63) is 24.0 Å². The first kappa shape index (κ1) is 11.0. The van der Waals surface area contributed by atoms with Crippen LogP contribution in [0.4, 0.5) is 0 Å². The van der Waals surface area contributed by atoms with Crippen LogP contribution in [0.25, 0.3) is 0 Å². The summed E-state index contributed by atoms with van der Waals surface area (Å²) in [6.07, 6.45) is 5.22. The van der Waals surface area contributed by atoms with Gasteiger partial charge < -0.3 is 10.1 Å². The highest BCUT2D eigenvalue weighted by Gasteiger charge is 2.06. The van der Waals surface area contributed by atoms with Gasteiger partial charge in [0, 0.05) is 0 Å². The predicted molar refractivity (Wildman–Crippen MR) is 52.5 cm³/mol. The van der Waals surface area contributed by atoms with Crippen molar-refractivity contribution < 1.29 is 4.74 Å². The van der Waals surface area contributed by atoms with E-state index in [0.717, 1.165) is 25.2 Å². The van der Waals surface area contributed by atoms with E-state index in [0.29, 0.717) is 0 Å². The van der Waals surface area contributed by atoms with Gasteiger partial charge in [0.1, 0.15) is 5.76 Å². The molecular formula is C10H17NO. The van der Waals surface area contributed by atoms with E-state index < -0.39 is 0 Å². The van der Waals surface area contributed by atoms with Crippen LogP contribution in [0, 0.1) is 5.41 Å². The first-order valence-electron chi connectivity index (χ1n) is 4.16. The smallest absolute Gasteiger partial charge is 0.135 e. The van der Waals surface area contributed by atoms with E-state index in [9.17, 15) is 0 Å². The van der Waals surface area contributed by atoms with Gasteiger partial charge >= 0.3 is 0 Å². The van der Waals surface area contributed by atoms with Crippen molar-refractivity contribution in [3.8, 4) is 0 Å². The molecule has 1 N–H and O–H groups in total. The van der Waals surface area contributed by atoms with Gasteiger partial charge in [-0.3, -0.25) is 0 Å². The molecule has 0 saturated carbocycles. The monoisotopic (exact) mass is 167 g/mol. The molecule has 0 fully saturated rings. The van der Waals surface area contributed by atoms with Gasteiger partial charge in [-0.05, 0) is 32.3 Å². The maximum Gasteiger partial charge on any atom is 0.135 e. The zero-order valence-electron chi connectivity index (χ0n) is 7.89. The summed E-state index contributed by atoms with van der Waals surface area (Å²) in [5, 5.41) is 6.92. The molecule has 0 aromatic heterocycles. The number of ether oxygens (including phenoxy) is 1. The molecular weight excluding hydrogens is 150 g/mol. The quantitative estimate of drug-likeness (QED) is 0.472. The number of rotatable bonds is 1. The van der Waals surface area contributed by atoms with Crippen molar-refractivity contribution in [1.82, 2.24) is 0 Å². The van der Waals surface area contributed by atoms with Crippen molar-refractivity contribution in [2.45, 2.75) is 26.7 Å². The lowest BCUT2D eigenvalue weighted by molar-refractivity contribution is 0.208. The second-order valence-electron chi connectivity index (χ2n) is 2.65. The lowest BCUT2D eigenvalue weighted by atomic mass is 10.1. The van der Waals surface area contributed by atoms with Crippen LogP contribution < -0.4 is 0 Å². The highest BCUT2D eigenvalue weighted by molar-refractivity contribution is 5.74. The Balaban J connectivity index is 0.000000354. The molecule has 1 heterocycles. The fraction of sp³-hybridized carbons (Fsp3) is 0.500. The third kappa shape index (κ3) is 3.96. The van der Waals surface area contributed by atoms with Gasteiger partial charge in [-0.15, -0.1) is 6.58 Å². The first-order valence-corrected chi connectivity index (χ1v) is 4.16. The molecule has 2 heteroatoms. The fourth-order valence-electron chi connectivity index (χ4n) is 0.931. The van der Waals surface area contributed by atoms with E-state index in [4.69, 9.17) is 10.1 Å². The van der Waals surface area contributed by atoms with E-state index in [-0.39, 0.29) is 0 Å². The molecule has 1 aliphatic heterocycles. The second kappa shape index (κ2) is 6.65. The van der Waals surface area contributed by atoms with Crippen molar-refractivity contribution in [3.63, 3.8) is 0 Å². The molecule has 0 unspecified atom stereocenters. The van der Waals surface area contributed by atoms with Gasteiger partial charge in [0.2, 0.25) is 0 Å². The van der Waals surface area contributed by atoms with Crippen LogP contribution in [-0.2, 0) is 4.74 Å². The van der Waals surface area contributed by atoms with E-state index >= 15 is 0 Å². The molecule has 1 rings (SSSR count). The Kier molecular flexibility index (Phi) is 6.07. The molecule has 0 atom stereocenters. The largest absolute Gasteiger partial charge is 0.492 e. The van der Waals surface area contributed by atoms with Gasteiger partial charge in [-0.2, -0.15) is 0 Å². The molecule has 0 radical (unpaired) electrons. The molecule has 0 aromatic carbocycles. The Morgan fingerprint density at radius 1 is 1.58 bits per heavy atom. The summed E-state index contributed by atoms with van der Waals surface area (Å²) in [4.78, 5) is 0. The summed E-state index contributed by atoms with van der Waals surface area (Å²) < 4.78 is 5.18. The average Bonchev–Trinajstić information content (AvgIpc) is 2.07. The normalized spacial score (nSPS) is 15.5. The van der Waals surface area contributed by atoms with Crippen LogP contribution in [-0.4, -0.2) is 12.8 Å². The van der Waals surface area contributed by atoms with Gasteiger partial charge in [-0.25, -0.2) is 0 Å². The minimum Gasteiger partial charge on any atom is -0.492 e. The Morgan fingerprint density at radius 2 is 2.17 bits per heavy atom. The van der Waals surface area contributed by atoms with Crippen LogP contribution >= 0.6 is 0 Å². The predicted octanol–water partition coefficient (Wildman–Crippen LogP) is 2.91. The number of nitrogens with one attached hydrogen (secondary N) is 1. The Labute approximate surface area is 74.4 Å². The topological polar surface area (TPSA) is 33.1 Å². The number of allylic oxidation sites excluding steroid dienone is 3. The van der Waals surface area contributed by atoms with Gasteiger partial charge in [0.25, 0.3) is 0 Å². The maximum absolute atomic E-state index is 6.92. The minimum absolute atomic E-state index is 0.765. The molecule has 68 valence electrons. The standard InChI is InChI=1S/C7H11NO.C3H6/c1-6-3-2-4-9-7(6)5-8;1-3-2/h5,8H,2-4H2,1H3;3H,1H2,2H3. The van der Waals surface area contributed by atoms with Gasteiger partial charge in [-0.1, -0.05) is 6.08 Å². The van der Waals surface area contributed by atoms with Crippen molar-refractivity contribution in [1.29, 1.82) is 5.41 Å². The molecule has 0 aromatic rings. The van der Waals surface area contributed by atoms with E-state index in [1.807, 2.05) is 13.8 Å². The van der Waals surface area contributed by atoms with Gasteiger partial charge in [0.05, 0.1) is 12.8 Å².